The second-order valence-electron chi connectivity index (χ2n) is 9.53. The van der Waals surface area contributed by atoms with E-state index in [0.717, 1.165) is 18.4 Å². The van der Waals surface area contributed by atoms with Crippen molar-refractivity contribution < 1.29 is 18.0 Å². The highest BCUT2D eigenvalue weighted by Crippen LogP contribution is 2.37. The summed E-state index contributed by atoms with van der Waals surface area (Å²) in [5.41, 5.74) is 2.41. The van der Waals surface area contributed by atoms with Gasteiger partial charge in [0.15, 0.2) is 5.69 Å². The number of anilines is 1. The van der Waals surface area contributed by atoms with E-state index in [9.17, 15) is 18.0 Å². The van der Waals surface area contributed by atoms with Crippen molar-refractivity contribution in [3.8, 4) is 6.07 Å². The van der Waals surface area contributed by atoms with Crippen LogP contribution in [-0.2, 0) is 30.0 Å². The lowest BCUT2D eigenvalue weighted by molar-refractivity contribution is 0.0725. The van der Waals surface area contributed by atoms with Gasteiger partial charge in [0.1, 0.15) is 16.8 Å². The molecule has 2 amide bonds. The maximum Gasteiger partial charge on any atom is 0.272 e. The second kappa shape index (κ2) is 10.3. The van der Waals surface area contributed by atoms with Gasteiger partial charge in [-0.05, 0) is 55.0 Å². The molecule has 0 bridgehead atoms. The smallest absolute Gasteiger partial charge is 0.272 e. The fourth-order valence-electron chi connectivity index (χ4n) is 4.72. The summed E-state index contributed by atoms with van der Waals surface area (Å²) in [7, 11) is -2.17. The molecule has 1 aromatic carbocycles. The highest BCUT2D eigenvalue weighted by atomic mass is 32.2. The first-order valence-electron chi connectivity index (χ1n) is 12.3. The average Bonchev–Trinajstić information content (AvgIpc) is 3.69. The van der Waals surface area contributed by atoms with Crippen molar-refractivity contribution in [1.82, 2.24) is 25.0 Å². The number of aryl methyl sites for hydroxylation is 1. The van der Waals surface area contributed by atoms with E-state index in [2.05, 4.69) is 26.2 Å². The molecule has 11 nitrogen and oxygen atoms in total. The van der Waals surface area contributed by atoms with E-state index in [1.165, 1.54) is 10.9 Å². The number of benzene rings is 1. The fraction of sp³-hybridized carbons (Fsp3) is 0.346. The van der Waals surface area contributed by atoms with Crippen molar-refractivity contribution in [2.45, 2.75) is 31.1 Å². The molecule has 1 aliphatic heterocycles. The van der Waals surface area contributed by atoms with Gasteiger partial charge in [0.25, 0.3) is 11.8 Å². The molecular formula is C26H27N7O4S. The molecule has 1 atom stereocenters. The Morgan fingerprint density at radius 2 is 1.97 bits per heavy atom. The van der Waals surface area contributed by atoms with E-state index in [0.29, 0.717) is 23.2 Å². The minimum Gasteiger partial charge on any atom is -0.347 e. The summed E-state index contributed by atoms with van der Waals surface area (Å²) in [6.45, 7) is 0.590. The second-order valence-corrected chi connectivity index (χ2v) is 11.4. The largest absolute Gasteiger partial charge is 0.347 e. The van der Waals surface area contributed by atoms with Crippen LogP contribution in [0.4, 0.5) is 5.82 Å². The number of carbonyl (C=O) groups is 2. The zero-order chi connectivity index (χ0) is 26.9. The van der Waals surface area contributed by atoms with Gasteiger partial charge in [-0.3, -0.25) is 19.0 Å². The van der Waals surface area contributed by atoms with Crippen LogP contribution in [0.5, 0.6) is 0 Å². The molecule has 38 heavy (non-hydrogen) atoms. The predicted molar refractivity (Wildman–Crippen MR) is 138 cm³/mol. The van der Waals surface area contributed by atoms with Crippen LogP contribution in [0.1, 0.15) is 50.5 Å². The average molecular weight is 534 g/mol. The molecule has 1 saturated carbocycles. The van der Waals surface area contributed by atoms with E-state index in [1.807, 2.05) is 0 Å². The highest BCUT2D eigenvalue weighted by molar-refractivity contribution is 7.93. The lowest BCUT2D eigenvalue weighted by atomic mass is 10.0. The van der Waals surface area contributed by atoms with Crippen LogP contribution in [0.15, 0.2) is 48.7 Å². The molecule has 2 aliphatic rings. The quantitative estimate of drug-likeness (QED) is 0.426. The normalized spacial score (nSPS) is 15.9. The maximum atomic E-state index is 13.5. The maximum absolute atomic E-state index is 13.5. The predicted octanol–water partition coefficient (Wildman–Crippen LogP) is 1.84. The summed E-state index contributed by atoms with van der Waals surface area (Å²) >= 11 is 0. The fourth-order valence-corrected chi connectivity index (χ4v) is 6.44. The van der Waals surface area contributed by atoms with Crippen LogP contribution < -0.4 is 10.0 Å². The molecule has 3 heterocycles. The lowest BCUT2D eigenvalue weighted by Gasteiger charge is -2.31. The Kier molecular flexibility index (Phi) is 6.86. The molecule has 3 aromatic rings. The zero-order valence-corrected chi connectivity index (χ0v) is 21.6. The molecule has 5 rings (SSSR count). The van der Waals surface area contributed by atoms with Gasteiger partial charge in [-0.15, -0.1) is 0 Å². The topological polar surface area (TPSA) is 150 Å². The number of hydrogen-bond acceptors (Lipinski definition) is 7. The van der Waals surface area contributed by atoms with Gasteiger partial charge in [0, 0.05) is 38.4 Å². The number of nitriles is 1. The summed E-state index contributed by atoms with van der Waals surface area (Å²) in [6.07, 6.45) is 3.48. The number of amides is 2. The number of sulfonamides is 1. The first-order chi connectivity index (χ1) is 18.3. The standard InChI is InChI=1S/C26H27N7O4S/c1-32-24-20(23(30-32)25(34)29-15-18-7-5-17(14-27)6-8-18)11-13-33(26(24)35)16-21(19-9-10-19)38(36,37)31-22-4-2-3-12-28-22/h2-8,12,19,21H,9-11,13,15-16H2,1H3,(H,28,31)(H,29,34). The zero-order valence-electron chi connectivity index (χ0n) is 20.8. The summed E-state index contributed by atoms with van der Waals surface area (Å²) in [5, 5.41) is 15.3. The number of hydrogen-bond donors (Lipinski definition) is 2. The molecule has 2 N–H and O–H groups in total. The minimum absolute atomic E-state index is 0.0273. The summed E-state index contributed by atoms with van der Waals surface area (Å²) in [6, 6.07) is 13.9. The Morgan fingerprint density at radius 3 is 2.63 bits per heavy atom. The first kappa shape index (κ1) is 25.4. The van der Waals surface area contributed by atoms with Crippen LogP contribution >= 0.6 is 0 Å². The monoisotopic (exact) mass is 533 g/mol. The van der Waals surface area contributed by atoms with E-state index < -0.39 is 21.2 Å². The van der Waals surface area contributed by atoms with Crippen LogP contribution in [0.2, 0.25) is 0 Å². The van der Waals surface area contributed by atoms with Gasteiger partial charge in [0.2, 0.25) is 10.0 Å². The van der Waals surface area contributed by atoms with Gasteiger partial charge in [-0.25, -0.2) is 13.4 Å². The minimum atomic E-state index is -3.78. The molecule has 1 fully saturated rings. The summed E-state index contributed by atoms with van der Waals surface area (Å²) in [5.74, 6) is -0.522. The third-order valence-electron chi connectivity index (χ3n) is 6.88. The lowest BCUT2D eigenvalue weighted by Crippen LogP contribution is -2.47. The summed E-state index contributed by atoms with van der Waals surface area (Å²) in [4.78, 5) is 32.0. The Bertz CT molecular complexity index is 1510. The molecule has 0 spiro atoms. The van der Waals surface area contributed by atoms with Crippen molar-refractivity contribution >= 4 is 27.7 Å². The molecular weight excluding hydrogens is 506 g/mol. The molecule has 0 saturated heterocycles. The Balaban J connectivity index is 1.29. The molecule has 2 aromatic heterocycles. The molecule has 1 unspecified atom stereocenters. The molecule has 0 radical (unpaired) electrons. The van der Waals surface area contributed by atoms with E-state index in [4.69, 9.17) is 5.26 Å². The van der Waals surface area contributed by atoms with E-state index >= 15 is 0 Å². The SMILES string of the molecule is Cn1nc(C(=O)NCc2ccc(C#N)cc2)c2c1C(=O)N(CC(C1CC1)S(=O)(=O)Nc1ccccn1)CC2. The number of nitrogens with one attached hydrogen (secondary N) is 2. The van der Waals surface area contributed by atoms with Crippen molar-refractivity contribution in [2.24, 2.45) is 13.0 Å². The molecule has 1 aliphatic carbocycles. The van der Waals surface area contributed by atoms with Crippen LogP contribution in [0.25, 0.3) is 0 Å². The van der Waals surface area contributed by atoms with Crippen LogP contribution in [-0.4, -0.2) is 58.2 Å². The van der Waals surface area contributed by atoms with Gasteiger partial charge < -0.3 is 10.2 Å². The number of fused-ring (bicyclic) bond motifs is 1. The van der Waals surface area contributed by atoms with Crippen molar-refractivity contribution in [2.75, 3.05) is 17.8 Å². The Hall–Kier alpha value is -4.24. The van der Waals surface area contributed by atoms with Crippen molar-refractivity contribution in [1.29, 1.82) is 5.26 Å². The Morgan fingerprint density at radius 1 is 1.21 bits per heavy atom. The van der Waals surface area contributed by atoms with Crippen molar-refractivity contribution in [3.63, 3.8) is 0 Å². The number of aromatic nitrogens is 3. The van der Waals surface area contributed by atoms with Crippen LogP contribution in [0, 0.1) is 17.2 Å². The van der Waals surface area contributed by atoms with Crippen LogP contribution in [0.3, 0.4) is 0 Å². The summed E-state index contributed by atoms with van der Waals surface area (Å²) < 4.78 is 30.4. The number of rotatable bonds is 9. The van der Waals surface area contributed by atoms with Gasteiger partial charge in [0.05, 0.1) is 11.6 Å². The third-order valence-corrected chi connectivity index (χ3v) is 8.70. The van der Waals surface area contributed by atoms with E-state index in [-0.39, 0.29) is 43.0 Å². The number of pyridine rings is 1. The molecule has 12 heteroatoms. The van der Waals surface area contributed by atoms with Gasteiger partial charge in [-0.1, -0.05) is 18.2 Å². The number of nitrogens with zero attached hydrogens (tertiary/aromatic N) is 5. The van der Waals surface area contributed by atoms with E-state index in [1.54, 1.807) is 54.4 Å². The molecule has 196 valence electrons. The third kappa shape index (κ3) is 5.24. The first-order valence-corrected chi connectivity index (χ1v) is 13.9. The van der Waals surface area contributed by atoms with Gasteiger partial charge in [-0.2, -0.15) is 10.4 Å². The van der Waals surface area contributed by atoms with Crippen molar-refractivity contribution in [3.05, 3.63) is 76.7 Å². The highest BCUT2D eigenvalue weighted by Gasteiger charge is 2.43. The van der Waals surface area contributed by atoms with Gasteiger partial charge >= 0.3 is 0 Å². The Labute approximate surface area is 220 Å². The number of carbonyl (C=O) groups excluding carboxylic acids is 2.